The van der Waals surface area contributed by atoms with Gasteiger partial charge in [-0.15, -0.1) is 0 Å². The van der Waals surface area contributed by atoms with Crippen LogP contribution in [0.25, 0.3) is 0 Å². The number of rotatable bonds is 11. The van der Waals surface area contributed by atoms with Gasteiger partial charge in [-0.1, -0.05) is 0 Å². The summed E-state index contributed by atoms with van der Waals surface area (Å²) in [5.74, 6) is 1.64. The van der Waals surface area contributed by atoms with Gasteiger partial charge in [0.1, 0.15) is 0 Å². The second-order valence-electron chi connectivity index (χ2n) is 5.92. The van der Waals surface area contributed by atoms with Crippen molar-refractivity contribution >= 4 is 10.3 Å². The van der Waals surface area contributed by atoms with Crippen molar-refractivity contribution in [1.82, 2.24) is 0 Å². The maximum atomic E-state index is 5.53. The molecule has 27 heavy (non-hydrogen) atoms. The predicted octanol–water partition coefficient (Wildman–Crippen LogP) is 5.34. The normalized spacial score (nSPS) is 10.9. The van der Waals surface area contributed by atoms with Gasteiger partial charge in [0.15, 0.2) is 0 Å². The van der Waals surface area contributed by atoms with Crippen LogP contribution in [0.3, 0.4) is 0 Å². The number of unbranched alkanes of at least 4 members (excludes halogenated alkanes) is 2. The van der Waals surface area contributed by atoms with E-state index in [0.29, 0.717) is 6.61 Å². The molecule has 0 spiro atoms. The van der Waals surface area contributed by atoms with E-state index in [9.17, 15) is 0 Å². The number of methoxy groups -OCH3 is 1. The van der Waals surface area contributed by atoms with Gasteiger partial charge in [-0.3, -0.25) is 0 Å². The molecule has 0 aromatic heterocycles. The summed E-state index contributed by atoms with van der Waals surface area (Å²) in [6, 6.07) is 15.7. The molecule has 0 saturated carbocycles. The fraction of sp³-hybridized carbons (Fsp3) is 0.304. The molecule has 0 N–H and O–H groups in total. The van der Waals surface area contributed by atoms with Gasteiger partial charge in [0.05, 0.1) is 0 Å². The summed E-state index contributed by atoms with van der Waals surface area (Å²) in [4.78, 5) is 2.00. The molecule has 0 saturated heterocycles. The monoisotopic (exact) mass is 407 g/mol. The van der Waals surface area contributed by atoms with E-state index in [2.05, 4.69) is 13.0 Å². The van der Waals surface area contributed by atoms with Crippen molar-refractivity contribution in [1.29, 1.82) is 0 Å². The zero-order chi connectivity index (χ0) is 19.5. The van der Waals surface area contributed by atoms with E-state index in [1.165, 1.54) is 0 Å². The quantitative estimate of drug-likeness (QED) is 0.285. The first kappa shape index (κ1) is 21.2. The van der Waals surface area contributed by atoms with Crippen LogP contribution in [0.1, 0.15) is 38.2 Å². The third-order valence-corrected chi connectivity index (χ3v) is 4.47. The average molecular weight is 408 g/mol. The van der Waals surface area contributed by atoms with Crippen LogP contribution in [0.15, 0.2) is 54.7 Å². The van der Waals surface area contributed by atoms with Crippen LogP contribution in [-0.4, -0.2) is 18.3 Å². The zero-order valence-electron chi connectivity index (χ0n) is 16.0. The summed E-state index contributed by atoms with van der Waals surface area (Å²) in [5, 5.41) is 0. The molecule has 4 heteroatoms. The molecular formula is C23H27NNiO2-2. The summed E-state index contributed by atoms with van der Waals surface area (Å²) in [6.45, 7) is 6.54. The van der Waals surface area contributed by atoms with Gasteiger partial charge in [0, 0.05) is 0 Å². The molecule has 0 aliphatic rings. The van der Waals surface area contributed by atoms with Crippen LogP contribution in [0.2, 0.25) is 0 Å². The van der Waals surface area contributed by atoms with E-state index in [1.54, 1.807) is 7.11 Å². The molecule has 0 bridgehead atoms. The SMILES string of the molecule is [CH2-]CCCC[C](=[Ni])N(C=[C-]c1ccc(OCC)cc1)c1ccccc1OC. The van der Waals surface area contributed by atoms with Gasteiger partial charge in [-0.25, -0.2) is 0 Å². The summed E-state index contributed by atoms with van der Waals surface area (Å²) in [6.07, 6.45) is 9.10. The van der Waals surface area contributed by atoms with Gasteiger partial charge in [-0.05, 0) is 0 Å². The van der Waals surface area contributed by atoms with Crippen molar-refractivity contribution < 1.29 is 24.5 Å². The summed E-state index contributed by atoms with van der Waals surface area (Å²) >= 11 is 5.35. The molecule has 0 atom stereocenters. The minimum atomic E-state index is 0.656. The summed E-state index contributed by atoms with van der Waals surface area (Å²) in [7, 11) is 1.67. The number of para-hydroxylation sites is 2. The molecular weight excluding hydrogens is 381 g/mol. The van der Waals surface area contributed by atoms with Gasteiger partial charge in [0.25, 0.3) is 0 Å². The standard InChI is InChI=1S/C23H27NO2.Ni/c1-4-6-7-10-18-24(22-11-8-9-12-23(22)25-3)19-17-20-13-15-21(16-14-20)26-5-2;/h8-9,11-16,19H,1,4-7,10H2,2-3H3;/q-2;. The van der Waals surface area contributed by atoms with Gasteiger partial charge >= 0.3 is 171 Å². The molecule has 3 nitrogen and oxygen atoms in total. The first-order valence-electron chi connectivity index (χ1n) is 9.22. The van der Waals surface area contributed by atoms with E-state index in [-0.39, 0.29) is 0 Å². The summed E-state index contributed by atoms with van der Waals surface area (Å²) in [5.41, 5.74) is 1.89. The van der Waals surface area contributed by atoms with E-state index < -0.39 is 0 Å². The van der Waals surface area contributed by atoms with Crippen LogP contribution in [0, 0.1) is 13.0 Å². The predicted molar refractivity (Wildman–Crippen MR) is 109 cm³/mol. The average Bonchev–Trinajstić information content (AvgIpc) is 2.70. The molecule has 2 aromatic carbocycles. The Morgan fingerprint density at radius 2 is 1.89 bits per heavy atom. The number of ether oxygens (including phenoxy) is 2. The van der Waals surface area contributed by atoms with Crippen molar-refractivity contribution in [3.63, 3.8) is 0 Å². The summed E-state index contributed by atoms with van der Waals surface area (Å²) < 4.78 is 11.9. The number of anilines is 1. The first-order valence-corrected chi connectivity index (χ1v) is 9.71. The Labute approximate surface area is 170 Å². The van der Waals surface area contributed by atoms with E-state index in [0.717, 1.165) is 53.0 Å². The molecule has 0 aliphatic carbocycles. The van der Waals surface area contributed by atoms with Crippen LogP contribution < -0.4 is 14.4 Å². The van der Waals surface area contributed by atoms with E-state index in [4.69, 9.17) is 24.5 Å². The number of hydrogen-bond donors (Lipinski definition) is 0. The van der Waals surface area contributed by atoms with Gasteiger partial charge in [-0.2, -0.15) is 0 Å². The second-order valence-corrected chi connectivity index (χ2v) is 6.49. The van der Waals surface area contributed by atoms with Crippen LogP contribution in [0.5, 0.6) is 11.5 Å². The Hall–Kier alpha value is -2.06. The fourth-order valence-electron chi connectivity index (χ4n) is 2.60. The Kier molecular flexibility index (Phi) is 9.14. The Morgan fingerprint density at radius 1 is 1.15 bits per heavy atom. The molecule has 2 aromatic rings. The van der Waals surface area contributed by atoms with E-state index >= 15 is 0 Å². The second kappa shape index (κ2) is 11.6. The maximum absolute atomic E-state index is 5.53. The van der Waals surface area contributed by atoms with Gasteiger partial charge < -0.3 is 0 Å². The molecule has 0 aliphatic heterocycles. The molecule has 2 rings (SSSR count). The number of nitrogens with zero attached hydrogens (tertiary/aromatic N) is 1. The van der Waals surface area contributed by atoms with Crippen LogP contribution >= 0.6 is 0 Å². The minimum absolute atomic E-state index is 0.656. The third-order valence-electron chi connectivity index (χ3n) is 3.98. The molecule has 0 fully saturated rings. The first-order chi connectivity index (χ1) is 13.2. The van der Waals surface area contributed by atoms with Crippen molar-refractivity contribution in [3.05, 3.63) is 73.3 Å². The van der Waals surface area contributed by atoms with E-state index in [1.807, 2.05) is 66.6 Å². The molecule has 148 valence electrons. The number of benzene rings is 2. The molecule has 0 amide bonds. The molecule has 0 unspecified atom stereocenters. The topological polar surface area (TPSA) is 21.7 Å². The van der Waals surface area contributed by atoms with Crippen molar-refractivity contribution in [2.24, 2.45) is 0 Å². The Bertz CT molecular complexity index is 740. The molecule has 0 radical (unpaired) electrons. The zero-order valence-corrected chi connectivity index (χ0v) is 17.0. The fourth-order valence-corrected chi connectivity index (χ4v) is 2.96. The van der Waals surface area contributed by atoms with Crippen LogP contribution in [-0.2, 0) is 15.0 Å². The van der Waals surface area contributed by atoms with Crippen molar-refractivity contribution in [2.75, 3.05) is 18.6 Å². The number of hydrogen-bond acceptors (Lipinski definition) is 3. The van der Waals surface area contributed by atoms with Crippen LogP contribution in [0.4, 0.5) is 5.69 Å². The Morgan fingerprint density at radius 3 is 2.56 bits per heavy atom. The van der Waals surface area contributed by atoms with Crippen molar-refractivity contribution in [3.8, 4) is 11.5 Å². The van der Waals surface area contributed by atoms with Crippen molar-refractivity contribution in [2.45, 2.75) is 32.6 Å². The van der Waals surface area contributed by atoms with Gasteiger partial charge in [0.2, 0.25) is 0 Å². The Balaban J connectivity index is 2.24. The third kappa shape index (κ3) is 6.55. The molecule has 0 heterocycles.